The first kappa shape index (κ1) is 25.6. The number of piperidine rings is 3. The molecule has 9 nitrogen and oxygen atoms in total. The van der Waals surface area contributed by atoms with Crippen molar-refractivity contribution in [2.45, 2.75) is 61.9 Å². The summed E-state index contributed by atoms with van der Waals surface area (Å²) in [6, 6.07) is 7.70. The number of benzene rings is 1. The van der Waals surface area contributed by atoms with Crippen LogP contribution in [-0.4, -0.2) is 111 Å². The number of likely N-dealkylation sites (tertiary alicyclic amines) is 3. The van der Waals surface area contributed by atoms with Crippen molar-refractivity contribution in [2.75, 3.05) is 60.0 Å². The van der Waals surface area contributed by atoms with Crippen LogP contribution in [0.3, 0.4) is 0 Å². The van der Waals surface area contributed by atoms with Gasteiger partial charge in [-0.2, -0.15) is 0 Å². The van der Waals surface area contributed by atoms with E-state index in [-0.39, 0.29) is 24.2 Å². The lowest BCUT2D eigenvalue weighted by Crippen LogP contribution is -2.64. The van der Waals surface area contributed by atoms with Gasteiger partial charge < -0.3 is 32.4 Å². The van der Waals surface area contributed by atoms with Gasteiger partial charge in [-0.15, -0.1) is 0 Å². The minimum Gasteiger partial charge on any atom is -0.493 e. The van der Waals surface area contributed by atoms with Crippen LogP contribution in [0, 0.1) is 0 Å². The Morgan fingerprint density at radius 3 is 1.68 bits per heavy atom. The summed E-state index contributed by atoms with van der Waals surface area (Å²) in [5, 5.41) is 0. The van der Waals surface area contributed by atoms with E-state index in [0.717, 1.165) is 83.0 Å². The molecule has 0 aliphatic carbocycles. The number of nitrogens with zero attached hydrogens (tertiary/aromatic N) is 3. The average Bonchev–Trinajstić information content (AvgIpc) is 2.81. The number of hydrogen-bond acceptors (Lipinski definition) is 9. The van der Waals surface area contributed by atoms with Gasteiger partial charge in [-0.05, 0) is 43.4 Å². The van der Waals surface area contributed by atoms with E-state index in [1.165, 1.54) is 5.56 Å². The summed E-state index contributed by atoms with van der Waals surface area (Å²) < 4.78 is 10.9. The Bertz CT molecular complexity index is 743. The molecule has 0 saturated carbocycles. The number of hydrogen-bond donors (Lipinski definition) is 4. The van der Waals surface area contributed by atoms with Crippen molar-refractivity contribution in [3.63, 3.8) is 0 Å². The number of methoxy groups -OCH3 is 2. The molecule has 0 amide bonds. The van der Waals surface area contributed by atoms with Crippen molar-refractivity contribution in [2.24, 2.45) is 22.9 Å². The van der Waals surface area contributed by atoms with Gasteiger partial charge >= 0.3 is 0 Å². The highest BCUT2D eigenvalue weighted by Crippen LogP contribution is 2.29. The van der Waals surface area contributed by atoms with E-state index >= 15 is 0 Å². The maximum atomic E-state index is 6.36. The lowest BCUT2D eigenvalue weighted by Gasteiger charge is -2.50. The van der Waals surface area contributed by atoms with Crippen molar-refractivity contribution < 1.29 is 9.47 Å². The molecule has 6 atom stereocenters. The number of rotatable bonds is 7. The molecule has 3 saturated heterocycles. The Morgan fingerprint density at radius 1 is 0.706 bits per heavy atom. The van der Waals surface area contributed by atoms with E-state index in [1.807, 2.05) is 6.07 Å². The van der Waals surface area contributed by atoms with Crippen molar-refractivity contribution in [1.82, 2.24) is 14.7 Å². The monoisotopic (exact) mass is 475 g/mol. The normalized spacial score (nSPS) is 34.2. The first-order valence-corrected chi connectivity index (χ1v) is 12.8. The molecule has 0 unspecified atom stereocenters. The van der Waals surface area contributed by atoms with Crippen LogP contribution in [0.2, 0.25) is 0 Å². The molecular formula is C25H45N7O2. The molecule has 0 radical (unpaired) electrons. The van der Waals surface area contributed by atoms with Crippen LogP contribution in [0.4, 0.5) is 0 Å². The first-order chi connectivity index (χ1) is 16.3. The van der Waals surface area contributed by atoms with Gasteiger partial charge in [0.15, 0.2) is 11.5 Å². The molecule has 0 bridgehead atoms. The molecule has 3 aliphatic rings. The summed E-state index contributed by atoms with van der Waals surface area (Å²) in [5.74, 6) is 1.54. The van der Waals surface area contributed by atoms with Gasteiger partial charge in [-0.1, -0.05) is 6.07 Å². The van der Waals surface area contributed by atoms with E-state index in [9.17, 15) is 0 Å². The SMILES string of the molecule is COc1ccc(CCN2C[C@H](N3C[C@H](N)C[C@H](N)C3)C[C@H](N3C[C@H](N)C[C@H](N)C3)C2)cc1OC. The summed E-state index contributed by atoms with van der Waals surface area (Å²) in [6.07, 6.45) is 3.89. The van der Waals surface area contributed by atoms with Crippen LogP contribution in [0.1, 0.15) is 24.8 Å². The Balaban J connectivity index is 1.46. The molecule has 0 spiro atoms. The van der Waals surface area contributed by atoms with Crippen LogP contribution in [-0.2, 0) is 6.42 Å². The van der Waals surface area contributed by atoms with Gasteiger partial charge in [0.2, 0.25) is 0 Å². The molecule has 1 aromatic rings. The van der Waals surface area contributed by atoms with Crippen LogP contribution in [0.15, 0.2) is 18.2 Å². The molecule has 192 valence electrons. The van der Waals surface area contributed by atoms with Crippen molar-refractivity contribution in [3.05, 3.63) is 23.8 Å². The van der Waals surface area contributed by atoms with Crippen LogP contribution in [0.5, 0.6) is 11.5 Å². The maximum Gasteiger partial charge on any atom is 0.160 e. The predicted molar refractivity (Wildman–Crippen MR) is 136 cm³/mol. The summed E-state index contributed by atoms with van der Waals surface area (Å²) in [5.41, 5.74) is 26.7. The third-order valence-electron chi connectivity index (χ3n) is 7.77. The highest BCUT2D eigenvalue weighted by molar-refractivity contribution is 5.42. The largest absolute Gasteiger partial charge is 0.493 e. The van der Waals surface area contributed by atoms with Gasteiger partial charge in [0.1, 0.15) is 0 Å². The molecule has 0 aromatic heterocycles. The minimum absolute atomic E-state index is 0.154. The van der Waals surface area contributed by atoms with E-state index < -0.39 is 0 Å². The predicted octanol–water partition coefficient (Wildman–Crippen LogP) is -0.590. The Kier molecular flexibility index (Phi) is 8.68. The van der Waals surface area contributed by atoms with Crippen LogP contribution in [0.25, 0.3) is 0 Å². The van der Waals surface area contributed by atoms with E-state index in [1.54, 1.807) is 14.2 Å². The highest BCUT2D eigenvalue weighted by atomic mass is 16.5. The van der Waals surface area contributed by atoms with E-state index in [0.29, 0.717) is 12.1 Å². The van der Waals surface area contributed by atoms with Gasteiger partial charge in [-0.3, -0.25) is 14.7 Å². The quantitative estimate of drug-likeness (QED) is 0.408. The zero-order valence-corrected chi connectivity index (χ0v) is 20.9. The summed E-state index contributed by atoms with van der Waals surface area (Å²) >= 11 is 0. The van der Waals surface area contributed by atoms with Crippen molar-refractivity contribution in [3.8, 4) is 11.5 Å². The summed E-state index contributed by atoms with van der Waals surface area (Å²) in [7, 11) is 3.35. The topological polar surface area (TPSA) is 132 Å². The Morgan fingerprint density at radius 2 is 1.21 bits per heavy atom. The van der Waals surface area contributed by atoms with Crippen molar-refractivity contribution >= 4 is 0 Å². The zero-order chi connectivity index (χ0) is 24.2. The van der Waals surface area contributed by atoms with E-state index in [2.05, 4.69) is 26.8 Å². The summed E-state index contributed by atoms with van der Waals surface area (Å²) in [4.78, 5) is 7.68. The van der Waals surface area contributed by atoms with E-state index in [4.69, 9.17) is 32.4 Å². The van der Waals surface area contributed by atoms with Crippen LogP contribution < -0.4 is 32.4 Å². The standard InChI is InChI=1S/C25H45N7O2/c1-33-24-4-3-17(7-25(24)34-2)5-6-30-15-22(31-11-18(26)8-19(27)12-31)10-23(16-30)32-13-20(28)9-21(29)14-32/h3-4,7,18-23H,5-6,8-16,26-29H2,1-2H3/t18-,19+,20-,21+,22-,23+. The third-order valence-corrected chi connectivity index (χ3v) is 7.77. The molecule has 1 aromatic carbocycles. The maximum absolute atomic E-state index is 6.36. The van der Waals surface area contributed by atoms with Gasteiger partial charge in [0.05, 0.1) is 14.2 Å². The molecule has 3 fully saturated rings. The smallest absolute Gasteiger partial charge is 0.160 e. The number of ether oxygens (including phenoxy) is 2. The highest BCUT2D eigenvalue weighted by Gasteiger charge is 2.38. The minimum atomic E-state index is 0.154. The second-order valence-corrected chi connectivity index (χ2v) is 10.7. The van der Waals surface area contributed by atoms with Gasteiger partial charge in [0.25, 0.3) is 0 Å². The first-order valence-electron chi connectivity index (χ1n) is 12.8. The van der Waals surface area contributed by atoms with Crippen LogP contribution >= 0.6 is 0 Å². The second kappa shape index (κ2) is 11.5. The fraction of sp³-hybridized carbons (Fsp3) is 0.760. The third kappa shape index (κ3) is 6.40. The molecule has 34 heavy (non-hydrogen) atoms. The van der Waals surface area contributed by atoms with Crippen molar-refractivity contribution in [1.29, 1.82) is 0 Å². The summed E-state index contributed by atoms with van der Waals surface area (Å²) in [6.45, 7) is 6.76. The lowest BCUT2D eigenvalue weighted by atomic mass is 9.91. The van der Waals surface area contributed by atoms with Gasteiger partial charge in [-0.25, -0.2) is 0 Å². The zero-order valence-electron chi connectivity index (χ0n) is 20.9. The fourth-order valence-electron chi connectivity index (χ4n) is 6.19. The molecule has 4 rings (SSSR count). The number of nitrogens with two attached hydrogens (primary N) is 4. The molecule has 3 aliphatic heterocycles. The molecule has 8 N–H and O–H groups in total. The molecule has 3 heterocycles. The fourth-order valence-corrected chi connectivity index (χ4v) is 6.19. The molecule has 9 heteroatoms. The Hall–Kier alpha value is -1.46. The lowest BCUT2D eigenvalue weighted by molar-refractivity contribution is 0.00935. The Labute approximate surface area is 204 Å². The molecular weight excluding hydrogens is 430 g/mol. The second-order valence-electron chi connectivity index (χ2n) is 10.7. The van der Waals surface area contributed by atoms with Gasteiger partial charge in [0, 0.05) is 82.1 Å². The average molecular weight is 476 g/mol.